The normalized spacial score (nSPS) is 12.5. The average molecular weight is 268 g/mol. The first kappa shape index (κ1) is 16.1. The van der Waals surface area contributed by atoms with Crippen LogP contribution in [0.1, 0.15) is 25.0 Å². The first-order valence-corrected chi connectivity index (χ1v) is 6.81. The van der Waals surface area contributed by atoms with Gasteiger partial charge in [-0.25, -0.2) is 0 Å². The van der Waals surface area contributed by atoms with E-state index in [0.717, 1.165) is 6.42 Å². The third kappa shape index (κ3) is 7.28. The highest BCUT2D eigenvalue weighted by Crippen LogP contribution is 2.19. The summed E-state index contributed by atoms with van der Waals surface area (Å²) < 4.78 is 16.3. The maximum absolute atomic E-state index is 8.52. The van der Waals surface area contributed by atoms with Gasteiger partial charge in [0.15, 0.2) is 0 Å². The van der Waals surface area contributed by atoms with Crippen molar-refractivity contribution >= 4 is 0 Å². The van der Waals surface area contributed by atoms with Crippen LogP contribution in [0.5, 0.6) is 0 Å². The number of aliphatic hydroxyl groups is 1. The summed E-state index contributed by atoms with van der Waals surface area (Å²) in [5.41, 5.74) is 1.20. The molecule has 0 heterocycles. The minimum atomic E-state index is 0.0539. The van der Waals surface area contributed by atoms with Crippen molar-refractivity contribution in [2.45, 2.75) is 19.4 Å². The van der Waals surface area contributed by atoms with E-state index >= 15 is 0 Å². The van der Waals surface area contributed by atoms with Crippen molar-refractivity contribution in [2.75, 3.05) is 39.6 Å². The molecule has 0 bridgehead atoms. The quantitative estimate of drug-likeness (QED) is 0.625. The zero-order valence-corrected chi connectivity index (χ0v) is 11.6. The Morgan fingerprint density at radius 3 is 2.21 bits per heavy atom. The number of rotatable bonds is 11. The highest BCUT2D eigenvalue weighted by atomic mass is 16.5. The zero-order chi connectivity index (χ0) is 13.8. The molecule has 0 amide bonds. The number of hydrogen-bond donors (Lipinski definition) is 1. The molecule has 1 aromatic carbocycles. The van der Waals surface area contributed by atoms with Crippen molar-refractivity contribution in [3.63, 3.8) is 0 Å². The SMILES string of the molecule is CCC(OCCOCCOCCO)c1ccccc1. The van der Waals surface area contributed by atoms with Crippen LogP contribution in [-0.4, -0.2) is 44.7 Å². The zero-order valence-electron chi connectivity index (χ0n) is 11.6. The Balaban J connectivity index is 2.07. The van der Waals surface area contributed by atoms with Gasteiger partial charge >= 0.3 is 0 Å². The maximum atomic E-state index is 8.52. The van der Waals surface area contributed by atoms with Gasteiger partial charge in [0.1, 0.15) is 0 Å². The van der Waals surface area contributed by atoms with Crippen molar-refractivity contribution in [2.24, 2.45) is 0 Å². The lowest BCUT2D eigenvalue weighted by molar-refractivity contribution is -0.0161. The van der Waals surface area contributed by atoms with Crippen LogP contribution in [0.25, 0.3) is 0 Å². The van der Waals surface area contributed by atoms with Crippen molar-refractivity contribution in [3.05, 3.63) is 35.9 Å². The van der Waals surface area contributed by atoms with Crippen molar-refractivity contribution in [3.8, 4) is 0 Å². The van der Waals surface area contributed by atoms with E-state index in [9.17, 15) is 0 Å². The van der Waals surface area contributed by atoms with E-state index in [-0.39, 0.29) is 12.7 Å². The first-order chi connectivity index (χ1) is 9.38. The number of hydrogen-bond acceptors (Lipinski definition) is 4. The van der Waals surface area contributed by atoms with Crippen molar-refractivity contribution in [1.29, 1.82) is 0 Å². The first-order valence-electron chi connectivity index (χ1n) is 6.81. The molecule has 1 N–H and O–H groups in total. The summed E-state index contributed by atoms with van der Waals surface area (Å²) in [6, 6.07) is 10.2. The van der Waals surface area contributed by atoms with Crippen LogP contribution >= 0.6 is 0 Å². The molecule has 4 heteroatoms. The molecule has 19 heavy (non-hydrogen) atoms. The van der Waals surface area contributed by atoms with Crippen LogP contribution in [0.2, 0.25) is 0 Å². The van der Waals surface area contributed by atoms with E-state index in [0.29, 0.717) is 33.0 Å². The van der Waals surface area contributed by atoms with E-state index in [2.05, 4.69) is 19.1 Å². The summed E-state index contributed by atoms with van der Waals surface area (Å²) in [4.78, 5) is 0. The molecule has 1 rings (SSSR count). The van der Waals surface area contributed by atoms with E-state index in [4.69, 9.17) is 19.3 Å². The smallest absolute Gasteiger partial charge is 0.0823 e. The number of aliphatic hydroxyl groups excluding tert-OH is 1. The Morgan fingerprint density at radius 1 is 0.947 bits per heavy atom. The summed E-state index contributed by atoms with van der Waals surface area (Å²) in [6.45, 7) is 4.71. The van der Waals surface area contributed by atoms with Gasteiger partial charge in [-0.1, -0.05) is 37.3 Å². The van der Waals surface area contributed by atoms with Gasteiger partial charge in [-0.2, -0.15) is 0 Å². The van der Waals surface area contributed by atoms with E-state index in [1.165, 1.54) is 5.56 Å². The van der Waals surface area contributed by atoms with Gasteiger partial charge in [-0.15, -0.1) is 0 Å². The Morgan fingerprint density at radius 2 is 1.58 bits per heavy atom. The van der Waals surface area contributed by atoms with Crippen LogP contribution in [0.4, 0.5) is 0 Å². The molecular formula is C15H24O4. The van der Waals surface area contributed by atoms with Gasteiger partial charge in [0.05, 0.1) is 45.7 Å². The van der Waals surface area contributed by atoms with E-state index in [1.807, 2.05) is 18.2 Å². The fourth-order valence-corrected chi connectivity index (χ4v) is 1.75. The molecule has 0 radical (unpaired) electrons. The Labute approximate surface area is 115 Å². The fraction of sp³-hybridized carbons (Fsp3) is 0.600. The molecule has 4 nitrogen and oxygen atoms in total. The summed E-state index contributed by atoms with van der Waals surface area (Å²) in [6.07, 6.45) is 1.08. The van der Waals surface area contributed by atoms with Gasteiger partial charge in [-0.05, 0) is 12.0 Å². The van der Waals surface area contributed by atoms with Crippen molar-refractivity contribution in [1.82, 2.24) is 0 Å². The van der Waals surface area contributed by atoms with Crippen LogP contribution in [0.15, 0.2) is 30.3 Å². The molecule has 1 atom stereocenters. The molecule has 0 saturated heterocycles. The molecule has 1 unspecified atom stereocenters. The third-order valence-electron chi connectivity index (χ3n) is 2.70. The lowest BCUT2D eigenvalue weighted by atomic mass is 10.1. The molecule has 0 aromatic heterocycles. The molecule has 0 saturated carbocycles. The fourth-order valence-electron chi connectivity index (χ4n) is 1.75. The standard InChI is InChI=1S/C15H24O4/c1-2-15(14-6-4-3-5-7-14)19-13-12-18-11-10-17-9-8-16/h3-7,15-16H,2,8-13H2,1H3. The summed E-state index contributed by atoms with van der Waals surface area (Å²) >= 11 is 0. The number of ether oxygens (including phenoxy) is 3. The van der Waals surface area contributed by atoms with Gasteiger partial charge in [0, 0.05) is 0 Å². The second kappa shape index (κ2) is 10.9. The molecule has 108 valence electrons. The van der Waals surface area contributed by atoms with Gasteiger partial charge < -0.3 is 19.3 Å². The summed E-state index contributed by atoms with van der Waals surface area (Å²) in [5.74, 6) is 0. The summed E-state index contributed by atoms with van der Waals surface area (Å²) in [7, 11) is 0. The lowest BCUT2D eigenvalue weighted by Gasteiger charge is -2.16. The highest BCUT2D eigenvalue weighted by Gasteiger charge is 2.08. The monoisotopic (exact) mass is 268 g/mol. The molecule has 0 aliphatic carbocycles. The average Bonchev–Trinajstić information content (AvgIpc) is 2.47. The van der Waals surface area contributed by atoms with Crippen LogP contribution < -0.4 is 0 Å². The Bertz CT molecular complexity index is 302. The minimum Gasteiger partial charge on any atom is -0.394 e. The topological polar surface area (TPSA) is 47.9 Å². The summed E-state index contributed by atoms with van der Waals surface area (Å²) in [5, 5.41) is 8.52. The molecule has 0 spiro atoms. The highest BCUT2D eigenvalue weighted by molar-refractivity contribution is 5.17. The molecule has 0 aliphatic rings. The second-order valence-corrected chi connectivity index (χ2v) is 4.13. The van der Waals surface area contributed by atoms with Gasteiger partial charge in [0.2, 0.25) is 0 Å². The third-order valence-corrected chi connectivity index (χ3v) is 2.70. The van der Waals surface area contributed by atoms with Gasteiger partial charge in [0.25, 0.3) is 0 Å². The number of benzene rings is 1. The largest absolute Gasteiger partial charge is 0.394 e. The molecule has 0 fully saturated rings. The van der Waals surface area contributed by atoms with Crippen molar-refractivity contribution < 1.29 is 19.3 Å². The Kier molecular flexibility index (Phi) is 9.27. The van der Waals surface area contributed by atoms with Gasteiger partial charge in [-0.3, -0.25) is 0 Å². The van der Waals surface area contributed by atoms with E-state index in [1.54, 1.807) is 0 Å². The maximum Gasteiger partial charge on any atom is 0.0823 e. The van der Waals surface area contributed by atoms with Crippen LogP contribution in [0.3, 0.4) is 0 Å². The van der Waals surface area contributed by atoms with E-state index < -0.39 is 0 Å². The Hall–Kier alpha value is -0.940. The molecule has 1 aromatic rings. The van der Waals surface area contributed by atoms with Crippen LogP contribution in [-0.2, 0) is 14.2 Å². The minimum absolute atomic E-state index is 0.0539. The lowest BCUT2D eigenvalue weighted by Crippen LogP contribution is -2.12. The molecular weight excluding hydrogens is 244 g/mol. The predicted molar refractivity (Wildman–Crippen MR) is 74.1 cm³/mol. The van der Waals surface area contributed by atoms with Crippen LogP contribution in [0, 0.1) is 0 Å². The second-order valence-electron chi connectivity index (χ2n) is 4.13. The molecule has 0 aliphatic heterocycles. The predicted octanol–water partition coefficient (Wildman–Crippen LogP) is 2.18.